The Labute approximate surface area is 319 Å². The lowest BCUT2D eigenvalue weighted by Crippen LogP contribution is -2.68. The summed E-state index contributed by atoms with van der Waals surface area (Å²) in [5.74, 6) is -2.38. The van der Waals surface area contributed by atoms with Crippen molar-refractivity contribution < 1.29 is 54.2 Å². The first-order chi connectivity index (χ1) is 25.9. The lowest BCUT2D eigenvalue weighted by Gasteiger charge is -2.50. The normalized spacial score (nSPS) is 20.0. The van der Waals surface area contributed by atoms with Crippen LogP contribution in [0.15, 0.2) is 71.3 Å². The number of allylic oxidation sites excluding steroid dienone is 1. The molecule has 2 saturated heterocycles. The summed E-state index contributed by atoms with van der Waals surface area (Å²) < 4.78 is 116. The average molecular weight is 816 g/mol. The number of sulfone groups is 1. The van der Waals surface area contributed by atoms with Crippen molar-refractivity contribution in [3.63, 3.8) is 0 Å². The van der Waals surface area contributed by atoms with Crippen LogP contribution in [0.1, 0.15) is 97.1 Å². The van der Waals surface area contributed by atoms with Gasteiger partial charge in [0.25, 0.3) is 11.8 Å². The maximum Gasteiger partial charge on any atom is 0.425 e. The van der Waals surface area contributed by atoms with E-state index >= 15 is 0 Å². The fourth-order valence-electron chi connectivity index (χ4n) is 7.57. The van der Waals surface area contributed by atoms with Gasteiger partial charge < -0.3 is 19.6 Å². The number of rotatable bonds is 13. The summed E-state index contributed by atoms with van der Waals surface area (Å²) in [6.45, 7) is 5.36. The number of amides is 2. The zero-order valence-electron chi connectivity index (χ0n) is 30.2. The highest BCUT2D eigenvalue weighted by atomic mass is 32.2. The number of hydrogen-bond donors (Lipinski definition) is 1. The van der Waals surface area contributed by atoms with Crippen molar-refractivity contribution in [3.05, 3.63) is 88.1 Å². The van der Waals surface area contributed by atoms with Crippen LogP contribution in [-0.4, -0.2) is 77.2 Å². The van der Waals surface area contributed by atoms with E-state index in [1.165, 1.54) is 4.90 Å². The third-order valence-corrected chi connectivity index (χ3v) is 12.9. The Bertz CT molecular complexity index is 1960. The molecule has 300 valence electrons. The monoisotopic (exact) mass is 815 g/mol. The van der Waals surface area contributed by atoms with E-state index in [4.69, 9.17) is 4.74 Å². The quantitative estimate of drug-likeness (QED) is 0.104. The second kappa shape index (κ2) is 16.9. The molecule has 1 aromatic carbocycles. The molecule has 0 aliphatic carbocycles. The SMILES string of the molecule is C=C(O)CCCCS(=O)(=O)c1ccccc1C1CCN(C(=O)[C@]2(Oc3csc(C(F)(F)F)c3)CCCN(C(=O)c3ncccc3C(F)(F)F)[C@@H]2CCC)CC1. The topological polar surface area (TPSA) is 117 Å². The van der Waals surface area contributed by atoms with Crippen LogP contribution in [0, 0.1) is 0 Å². The number of unbranched alkanes of at least 4 members (excludes halogenated alkanes) is 1. The molecule has 4 heterocycles. The first kappa shape index (κ1) is 42.0. The van der Waals surface area contributed by atoms with Crippen molar-refractivity contribution in [2.45, 2.75) is 99.5 Å². The van der Waals surface area contributed by atoms with Gasteiger partial charge in [-0.1, -0.05) is 38.1 Å². The number of aromatic nitrogens is 1. The molecular weight excluding hydrogens is 773 g/mol. The Morgan fingerprint density at radius 1 is 1.04 bits per heavy atom. The third-order valence-electron chi connectivity index (χ3n) is 10.1. The molecule has 0 radical (unpaired) electrons. The molecule has 0 spiro atoms. The molecule has 2 aromatic heterocycles. The van der Waals surface area contributed by atoms with Crippen LogP contribution >= 0.6 is 11.3 Å². The van der Waals surface area contributed by atoms with E-state index < -0.39 is 61.8 Å². The average Bonchev–Trinajstić information content (AvgIpc) is 3.62. The first-order valence-corrected chi connectivity index (χ1v) is 20.6. The Morgan fingerprint density at radius 2 is 1.75 bits per heavy atom. The van der Waals surface area contributed by atoms with Crippen LogP contribution in [0.25, 0.3) is 0 Å². The van der Waals surface area contributed by atoms with Gasteiger partial charge >= 0.3 is 12.4 Å². The number of likely N-dealkylation sites (tertiary alicyclic amines) is 2. The summed E-state index contributed by atoms with van der Waals surface area (Å²) in [4.78, 5) is 34.5. The zero-order valence-corrected chi connectivity index (χ0v) is 31.8. The molecule has 9 nitrogen and oxygen atoms in total. The van der Waals surface area contributed by atoms with Gasteiger partial charge in [0.1, 0.15) is 16.3 Å². The molecule has 0 saturated carbocycles. The number of ether oxygens (including phenoxy) is 1. The Kier molecular flexibility index (Phi) is 12.9. The van der Waals surface area contributed by atoms with Gasteiger partial charge in [-0.05, 0) is 68.2 Å². The van der Waals surface area contributed by atoms with Gasteiger partial charge in [0.2, 0.25) is 5.60 Å². The lowest BCUT2D eigenvalue weighted by atomic mass is 9.79. The number of halogens is 6. The maximum atomic E-state index is 14.9. The van der Waals surface area contributed by atoms with Crippen LogP contribution in [-0.2, 0) is 27.0 Å². The minimum Gasteiger partial charge on any atom is -0.513 e. The predicted molar refractivity (Wildman–Crippen MR) is 194 cm³/mol. The number of nitrogens with zero attached hydrogens (tertiary/aromatic N) is 3. The van der Waals surface area contributed by atoms with Gasteiger partial charge in [-0.2, -0.15) is 26.3 Å². The highest BCUT2D eigenvalue weighted by Crippen LogP contribution is 2.43. The molecule has 0 bridgehead atoms. The van der Waals surface area contributed by atoms with Crippen LogP contribution in [0.5, 0.6) is 5.75 Å². The van der Waals surface area contributed by atoms with Crippen molar-refractivity contribution in [3.8, 4) is 5.75 Å². The van der Waals surface area contributed by atoms with E-state index in [2.05, 4.69) is 11.6 Å². The Morgan fingerprint density at radius 3 is 2.38 bits per heavy atom. The van der Waals surface area contributed by atoms with Crippen LogP contribution in [0.2, 0.25) is 0 Å². The third kappa shape index (κ3) is 9.47. The smallest absolute Gasteiger partial charge is 0.425 e. The Hall–Kier alpha value is -4.12. The van der Waals surface area contributed by atoms with Crippen LogP contribution < -0.4 is 4.74 Å². The molecule has 2 aliphatic heterocycles. The van der Waals surface area contributed by atoms with E-state index in [0.29, 0.717) is 49.0 Å². The number of thiophene rings is 1. The fraction of sp³-hybridized carbons (Fsp3) is 0.500. The maximum absolute atomic E-state index is 14.9. The van der Waals surface area contributed by atoms with E-state index in [1.54, 1.807) is 31.2 Å². The second-order valence-electron chi connectivity index (χ2n) is 13.9. The molecule has 1 N–H and O–H groups in total. The van der Waals surface area contributed by atoms with Crippen molar-refractivity contribution in [2.24, 2.45) is 0 Å². The standard InChI is InChI=1S/C38H43F6N3O6S2/c1-3-10-31-36(53-27-23-32(54-24-27)38(42,43)44,17-9-19-47(31)34(49)33-29(37(39,40)41)13-8-18-45-33)35(50)46-20-15-26(16-21-46)28-12-4-5-14-30(28)55(51,52)22-7-6-11-25(2)48/h4-5,8,12-14,18,23-24,26,31,48H,2-3,6-7,9-11,15-17,19-22H2,1H3/t31-,36+/m1/s1. The number of aliphatic hydroxyl groups excluding tert-OH is 1. The molecular formula is C38H43F6N3O6S2. The minimum absolute atomic E-state index is 0.0231. The number of hydrogen-bond acceptors (Lipinski definition) is 8. The van der Waals surface area contributed by atoms with Gasteiger partial charge in [-0.25, -0.2) is 8.42 Å². The van der Waals surface area contributed by atoms with Crippen molar-refractivity contribution >= 4 is 33.0 Å². The van der Waals surface area contributed by atoms with Crippen LogP contribution in [0.4, 0.5) is 26.3 Å². The molecule has 2 fully saturated rings. The van der Waals surface area contributed by atoms with E-state index in [-0.39, 0.29) is 73.4 Å². The van der Waals surface area contributed by atoms with Crippen molar-refractivity contribution in [2.75, 3.05) is 25.4 Å². The number of alkyl halides is 6. The van der Waals surface area contributed by atoms with Crippen LogP contribution in [0.3, 0.4) is 0 Å². The van der Waals surface area contributed by atoms with Gasteiger partial charge in [0, 0.05) is 50.1 Å². The number of benzene rings is 1. The molecule has 55 heavy (non-hydrogen) atoms. The summed E-state index contributed by atoms with van der Waals surface area (Å²) in [5.41, 5.74) is -3.48. The number of pyridine rings is 1. The largest absolute Gasteiger partial charge is 0.513 e. The molecule has 2 aliphatic rings. The predicted octanol–water partition coefficient (Wildman–Crippen LogP) is 8.83. The number of carbonyl (C=O) groups excluding carboxylic acids is 2. The lowest BCUT2D eigenvalue weighted by molar-refractivity contribution is -0.160. The molecule has 5 rings (SSSR count). The first-order valence-electron chi connectivity index (χ1n) is 18.0. The highest BCUT2D eigenvalue weighted by Gasteiger charge is 2.56. The van der Waals surface area contributed by atoms with Gasteiger partial charge in [-0.3, -0.25) is 14.6 Å². The highest BCUT2D eigenvalue weighted by molar-refractivity contribution is 7.91. The van der Waals surface area contributed by atoms with E-state index in [1.807, 2.05) is 0 Å². The second-order valence-corrected chi connectivity index (χ2v) is 16.9. The summed E-state index contributed by atoms with van der Waals surface area (Å²) in [7, 11) is -3.71. The van der Waals surface area contributed by atoms with E-state index in [9.17, 15) is 49.5 Å². The Balaban J connectivity index is 1.46. The van der Waals surface area contributed by atoms with Gasteiger partial charge in [0.05, 0.1) is 28.0 Å². The van der Waals surface area contributed by atoms with E-state index in [0.717, 1.165) is 34.7 Å². The van der Waals surface area contributed by atoms with Gasteiger partial charge in [0.15, 0.2) is 9.84 Å². The summed E-state index contributed by atoms with van der Waals surface area (Å²) in [6, 6.07) is 8.03. The minimum atomic E-state index is -4.92. The number of piperidine rings is 2. The van der Waals surface area contributed by atoms with Crippen molar-refractivity contribution in [1.82, 2.24) is 14.8 Å². The molecule has 17 heteroatoms. The molecule has 3 aromatic rings. The summed E-state index contributed by atoms with van der Waals surface area (Å²) in [5, 5.41) is 10.5. The molecule has 2 amide bonds. The zero-order chi connectivity index (χ0) is 40.2. The summed E-state index contributed by atoms with van der Waals surface area (Å²) >= 11 is 0.368. The fourth-order valence-corrected chi connectivity index (χ4v) is 9.93. The number of carbonyl (C=O) groups is 2. The number of aliphatic hydroxyl groups is 1. The van der Waals surface area contributed by atoms with Crippen molar-refractivity contribution in [1.29, 1.82) is 0 Å². The van der Waals surface area contributed by atoms with Gasteiger partial charge in [-0.15, -0.1) is 11.3 Å². The summed E-state index contributed by atoms with van der Waals surface area (Å²) in [6.07, 6.45) is -6.36. The molecule has 2 atom stereocenters. The molecule has 0 unspecified atom stereocenters.